The van der Waals surface area contributed by atoms with E-state index in [4.69, 9.17) is 0 Å². The van der Waals surface area contributed by atoms with Crippen LogP contribution in [0.2, 0.25) is 0 Å². The number of hydrogen-bond donors (Lipinski definition) is 0. The zero-order chi connectivity index (χ0) is 9.52. The SMILES string of the molecule is CC(=O)/C=C/C=C/C1=CCCCC1. The lowest BCUT2D eigenvalue weighted by molar-refractivity contribution is -0.112. The molecule has 0 fully saturated rings. The third kappa shape index (κ3) is 4.46. The largest absolute Gasteiger partial charge is 0.295 e. The van der Waals surface area contributed by atoms with Gasteiger partial charge < -0.3 is 0 Å². The monoisotopic (exact) mass is 176 g/mol. The molecule has 0 atom stereocenters. The molecule has 0 aromatic heterocycles. The normalized spacial score (nSPS) is 18.1. The second-order valence-electron chi connectivity index (χ2n) is 3.35. The van der Waals surface area contributed by atoms with Gasteiger partial charge in [-0.2, -0.15) is 0 Å². The lowest BCUT2D eigenvalue weighted by atomic mass is 9.99. The maximum absolute atomic E-state index is 10.6. The van der Waals surface area contributed by atoms with E-state index in [0.717, 1.165) is 0 Å². The lowest BCUT2D eigenvalue weighted by Gasteiger charge is -2.07. The van der Waals surface area contributed by atoms with Gasteiger partial charge in [0.15, 0.2) is 5.78 Å². The molecule has 0 heterocycles. The molecular formula is C12H16O. The highest BCUT2D eigenvalue weighted by atomic mass is 16.1. The van der Waals surface area contributed by atoms with Gasteiger partial charge in [-0.05, 0) is 38.7 Å². The first kappa shape index (κ1) is 9.97. The Hall–Kier alpha value is -1.11. The lowest BCUT2D eigenvalue weighted by Crippen LogP contribution is -1.87. The van der Waals surface area contributed by atoms with Crippen LogP contribution in [0, 0.1) is 0 Å². The summed E-state index contributed by atoms with van der Waals surface area (Å²) < 4.78 is 0. The third-order valence-corrected chi connectivity index (χ3v) is 2.08. The molecule has 0 saturated heterocycles. The van der Waals surface area contributed by atoms with E-state index < -0.39 is 0 Å². The molecule has 0 N–H and O–H groups in total. The van der Waals surface area contributed by atoms with E-state index in [2.05, 4.69) is 12.2 Å². The van der Waals surface area contributed by atoms with Gasteiger partial charge in [0, 0.05) is 0 Å². The minimum absolute atomic E-state index is 0.0993. The molecule has 0 amide bonds. The second kappa shape index (κ2) is 5.52. The maximum atomic E-state index is 10.6. The van der Waals surface area contributed by atoms with Gasteiger partial charge in [-0.25, -0.2) is 0 Å². The molecule has 0 aromatic carbocycles. The number of ketones is 1. The molecule has 13 heavy (non-hydrogen) atoms. The predicted molar refractivity (Wildman–Crippen MR) is 55.5 cm³/mol. The van der Waals surface area contributed by atoms with Gasteiger partial charge in [-0.3, -0.25) is 4.79 Å². The van der Waals surface area contributed by atoms with Crippen molar-refractivity contribution in [2.45, 2.75) is 32.6 Å². The van der Waals surface area contributed by atoms with Crippen molar-refractivity contribution >= 4 is 5.78 Å². The number of rotatable bonds is 3. The van der Waals surface area contributed by atoms with Crippen LogP contribution in [0.4, 0.5) is 0 Å². The Bertz CT molecular complexity index is 256. The van der Waals surface area contributed by atoms with Crippen LogP contribution in [-0.2, 0) is 4.79 Å². The molecule has 0 aliphatic heterocycles. The summed E-state index contributed by atoms with van der Waals surface area (Å²) in [4.78, 5) is 10.6. The van der Waals surface area contributed by atoms with Gasteiger partial charge in [-0.15, -0.1) is 0 Å². The minimum Gasteiger partial charge on any atom is -0.295 e. The number of hydrogen-bond acceptors (Lipinski definition) is 1. The van der Waals surface area contributed by atoms with E-state index in [1.807, 2.05) is 6.08 Å². The highest BCUT2D eigenvalue weighted by Crippen LogP contribution is 2.17. The Labute approximate surface area is 79.8 Å². The van der Waals surface area contributed by atoms with E-state index >= 15 is 0 Å². The van der Waals surface area contributed by atoms with Crippen molar-refractivity contribution in [1.29, 1.82) is 0 Å². The van der Waals surface area contributed by atoms with Crippen molar-refractivity contribution in [3.05, 3.63) is 36.0 Å². The summed E-state index contributed by atoms with van der Waals surface area (Å²) in [6, 6.07) is 0. The Morgan fingerprint density at radius 1 is 1.38 bits per heavy atom. The van der Waals surface area contributed by atoms with E-state index in [9.17, 15) is 4.79 Å². The molecule has 1 aliphatic carbocycles. The molecule has 1 rings (SSSR count). The first-order chi connectivity index (χ1) is 6.29. The maximum Gasteiger partial charge on any atom is 0.152 e. The van der Waals surface area contributed by atoms with Crippen LogP contribution in [0.15, 0.2) is 36.0 Å². The van der Waals surface area contributed by atoms with Crippen molar-refractivity contribution in [2.75, 3.05) is 0 Å². The average molecular weight is 176 g/mol. The van der Waals surface area contributed by atoms with E-state index in [-0.39, 0.29) is 5.78 Å². The quantitative estimate of drug-likeness (QED) is 0.476. The van der Waals surface area contributed by atoms with E-state index in [0.29, 0.717) is 0 Å². The Morgan fingerprint density at radius 3 is 2.85 bits per heavy atom. The Kier molecular flexibility index (Phi) is 4.24. The number of carbonyl (C=O) groups is 1. The molecule has 1 nitrogen and oxygen atoms in total. The summed E-state index contributed by atoms with van der Waals surface area (Å²) in [7, 11) is 0. The van der Waals surface area contributed by atoms with Gasteiger partial charge in [0.25, 0.3) is 0 Å². The standard InChI is InChI=1S/C12H16O/c1-11(13)7-5-6-10-12-8-3-2-4-9-12/h5-8,10H,2-4,9H2,1H3/b7-5+,10-6+. The number of allylic oxidation sites excluding steroid dienone is 6. The van der Waals surface area contributed by atoms with Crippen LogP contribution in [0.25, 0.3) is 0 Å². The fourth-order valence-electron chi connectivity index (χ4n) is 1.38. The molecule has 0 unspecified atom stereocenters. The highest BCUT2D eigenvalue weighted by Gasteiger charge is 1.98. The Balaban J connectivity index is 2.38. The molecule has 0 spiro atoms. The highest BCUT2D eigenvalue weighted by molar-refractivity contribution is 5.87. The first-order valence-corrected chi connectivity index (χ1v) is 4.83. The smallest absolute Gasteiger partial charge is 0.152 e. The van der Waals surface area contributed by atoms with Crippen LogP contribution < -0.4 is 0 Å². The van der Waals surface area contributed by atoms with Gasteiger partial charge in [0.05, 0.1) is 0 Å². The summed E-state index contributed by atoms with van der Waals surface area (Å²) >= 11 is 0. The molecule has 70 valence electrons. The summed E-state index contributed by atoms with van der Waals surface area (Å²) in [6.45, 7) is 1.56. The first-order valence-electron chi connectivity index (χ1n) is 4.83. The fourth-order valence-corrected chi connectivity index (χ4v) is 1.38. The van der Waals surface area contributed by atoms with Crippen molar-refractivity contribution in [3.63, 3.8) is 0 Å². The van der Waals surface area contributed by atoms with Gasteiger partial charge in [-0.1, -0.05) is 29.9 Å². The van der Waals surface area contributed by atoms with Gasteiger partial charge >= 0.3 is 0 Å². The van der Waals surface area contributed by atoms with E-state index in [1.165, 1.54) is 31.3 Å². The summed E-state index contributed by atoms with van der Waals surface area (Å²) in [5, 5.41) is 0. The average Bonchev–Trinajstić information content (AvgIpc) is 2.14. The van der Waals surface area contributed by atoms with Crippen LogP contribution in [0.1, 0.15) is 32.6 Å². The molecular weight excluding hydrogens is 160 g/mol. The van der Waals surface area contributed by atoms with Crippen molar-refractivity contribution in [1.82, 2.24) is 0 Å². The molecule has 0 radical (unpaired) electrons. The summed E-state index contributed by atoms with van der Waals surface area (Å²) in [5.74, 6) is 0.0993. The van der Waals surface area contributed by atoms with Gasteiger partial charge in [0.1, 0.15) is 0 Å². The molecule has 0 aromatic rings. The second-order valence-corrected chi connectivity index (χ2v) is 3.35. The molecule has 1 heteroatoms. The molecule has 1 aliphatic rings. The van der Waals surface area contributed by atoms with Crippen LogP contribution in [-0.4, -0.2) is 5.78 Å². The van der Waals surface area contributed by atoms with Crippen molar-refractivity contribution in [2.24, 2.45) is 0 Å². The Morgan fingerprint density at radius 2 is 2.23 bits per heavy atom. The third-order valence-electron chi connectivity index (χ3n) is 2.08. The summed E-state index contributed by atoms with van der Waals surface area (Å²) in [5.41, 5.74) is 1.40. The topological polar surface area (TPSA) is 17.1 Å². The van der Waals surface area contributed by atoms with Crippen molar-refractivity contribution in [3.8, 4) is 0 Å². The van der Waals surface area contributed by atoms with Crippen LogP contribution in [0.5, 0.6) is 0 Å². The van der Waals surface area contributed by atoms with Crippen LogP contribution in [0.3, 0.4) is 0 Å². The fraction of sp³-hybridized carbons (Fsp3) is 0.417. The molecule has 0 bridgehead atoms. The van der Waals surface area contributed by atoms with Gasteiger partial charge in [0.2, 0.25) is 0 Å². The van der Waals surface area contributed by atoms with E-state index in [1.54, 1.807) is 19.1 Å². The zero-order valence-electron chi connectivity index (χ0n) is 8.12. The van der Waals surface area contributed by atoms with Crippen molar-refractivity contribution < 1.29 is 4.79 Å². The molecule has 0 saturated carbocycles. The summed E-state index contributed by atoms with van der Waals surface area (Å²) in [6.07, 6.45) is 14.7. The predicted octanol–water partition coefficient (Wildman–Crippen LogP) is 3.19. The minimum atomic E-state index is 0.0993. The van der Waals surface area contributed by atoms with Crippen LogP contribution >= 0.6 is 0 Å². The number of carbonyl (C=O) groups excluding carboxylic acids is 1. The zero-order valence-corrected chi connectivity index (χ0v) is 8.12.